The molecule has 0 radical (unpaired) electrons. The summed E-state index contributed by atoms with van der Waals surface area (Å²) in [5, 5.41) is 0. The summed E-state index contributed by atoms with van der Waals surface area (Å²) in [5.41, 5.74) is 2.84. The van der Waals surface area contributed by atoms with Crippen molar-refractivity contribution in [1.82, 2.24) is 0 Å². The lowest BCUT2D eigenvalue weighted by molar-refractivity contribution is -0.143. The molecule has 2 aliphatic carbocycles. The topological polar surface area (TPSA) is 34.1 Å². The van der Waals surface area contributed by atoms with E-state index in [2.05, 4.69) is 26.3 Å². The SMILES string of the molecule is C=C/C=C1\C(=C)C(=C)/C(=C\C=C)C2CC(C)(C(C)=O)C(=O)CC12. The van der Waals surface area contributed by atoms with Crippen LogP contribution in [-0.4, -0.2) is 11.6 Å². The molecule has 23 heavy (non-hydrogen) atoms. The maximum Gasteiger partial charge on any atom is 0.146 e. The van der Waals surface area contributed by atoms with E-state index < -0.39 is 5.41 Å². The van der Waals surface area contributed by atoms with Crippen LogP contribution in [0.2, 0.25) is 0 Å². The van der Waals surface area contributed by atoms with E-state index in [0.29, 0.717) is 12.8 Å². The number of hydrogen-bond donors (Lipinski definition) is 0. The third-order valence-corrected chi connectivity index (χ3v) is 5.37. The molecule has 0 spiro atoms. The summed E-state index contributed by atoms with van der Waals surface area (Å²) in [4.78, 5) is 24.7. The Morgan fingerprint density at radius 2 is 1.57 bits per heavy atom. The minimum Gasteiger partial charge on any atom is -0.299 e. The van der Waals surface area contributed by atoms with E-state index >= 15 is 0 Å². The van der Waals surface area contributed by atoms with E-state index in [0.717, 1.165) is 22.3 Å². The Morgan fingerprint density at radius 1 is 1.09 bits per heavy atom. The van der Waals surface area contributed by atoms with Gasteiger partial charge in [0.15, 0.2) is 0 Å². The van der Waals surface area contributed by atoms with Gasteiger partial charge in [-0.05, 0) is 54.4 Å². The fraction of sp³-hybridized carbons (Fsp3) is 0.333. The van der Waals surface area contributed by atoms with Crippen LogP contribution in [0.5, 0.6) is 0 Å². The van der Waals surface area contributed by atoms with Crippen molar-refractivity contribution in [2.45, 2.75) is 26.7 Å². The molecule has 0 bridgehead atoms. The highest BCUT2D eigenvalue weighted by atomic mass is 16.2. The molecule has 2 heteroatoms. The molecule has 0 heterocycles. The summed E-state index contributed by atoms with van der Waals surface area (Å²) in [6.07, 6.45) is 8.16. The van der Waals surface area contributed by atoms with Crippen molar-refractivity contribution in [1.29, 1.82) is 0 Å². The van der Waals surface area contributed by atoms with Crippen LogP contribution in [0, 0.1) is 17.3 Å². The minimum absolute atomic E-state index is 0.0134. The molecule has 0 aliphatic heterocycles. The number of allylic oxidation sites excluding steroid dienone is 8. The van der Waals surface area contributed by atoms with Crippen molar-refractivity contribution < 1.29 is 9.59 Å². The highest BCUT2D eigenvalue weighted by Crippen LogP contribution is 2.53. The summed E-state index contributed by atoms with van der Waals surface area (Å²) < 4.78 is 0. The summed E-state index contributed by atoms with van der Waals surface area (Å²) in [6, 6.07) is 0. The Morgan fingerprint density at radius 3 is 2.00 bits per heavy atom. The Labute approximate surface area is 138 Å². The van der Waals surface area contributed by atoms with E-state index in [-0.39, 0.29) is 23.4 Å². The maximum absolute atomic E-state index is 12.6. The molecule has 120 valence electrons. The Hall–Kier alpha value is -2.22. The highest BCUT2D eigenvalue weighted by Gasteiger charge is 2.50. The predicted molar refractivity (Wildman–Crippen MR) is 94.8 cm³/mol. The summed E-state index contributed by atoms with van der Waals surface area (Å²) >= 11 is 0. The van der Waals surface area contributed by atoms with Gasteiger partial charge in [-0.3, -0.25) is 9.59 Å². The first-order chi connectivity index (χ1) is 10.8. The third-order valence-electron chi connectivity index (χ3n) is 5.37. The Bertz CT molecular complexity index is 687. The fourth-order valence-electron chi connectivity index (χ4n) is 3.76. The van der Waals surface area contributed by atoms with Gasteiger partial charge in [0.05, 0.1) is 5.41 Å². The number of hydrogen-bond acceptors (Lipinski definition) is 2. The van der Waals surface area contributed by atoms with E-state index in [4.69, 9.17) is 0 Å². The molecule has 3 atom stereocenters. The van der Waals surface area contributed by atoms with Gasteiger partial charge < -0.3 is 0 Å². The molecule has 2 saturated carbocycles. The molecule has 0 N–H and O–H groups in total. The number of fused-ring (bicyclic) bond motifs is 1. The average molecular weight is 308 g/mol. The summed E-state index contributed by atoms with van der Waals surface area (Å²) in [6.45, 7) is 19.1. The van der Waals surface area contributed by atoms with E-state index in [1.165, 1.54) is 6.92 Å². The molecule has 0 amide bonds. The molecular formula is C21H24O2. The highest BCUT2D eigenvalue weighted by molar-refractivity contribution is 6.06. The zero-order valence-electron chi connectivity index (χ0n) is 14.0. The first-order valence-corrected chi connectivity index (χ1v) is 7.86. The lowest BCUT2D eigenvalue weighted by atomic mass is 9.56. The first kappa shape index (κ1) is 17.1. The van der Waals surface area contributed by atoms with Crippen molar-refractivity contribution in [2.75, 3.05) is 0 Å². The van der Waals surface area contributed by atoms with Gasteiger partial charge in [0.25, 0.3) is 0 Å². The molecular weight excluding hydrogens is 284 g/mol. The van der Waals surface area contributed by atoms with Crippen LogP contribution in [-0.2, 0) is 9.59 Å². The van der Waals surface area contributed by atoms with Crippen LogP contribution in [0.25, 0.3) is 0 Å². The second kappa shape index (κ2) is 6.11. The van der Waals surface area contributed by atoms with Crippen molar-refractivity contribution >= 4 is 11.6 Å². The van der Waals surface area contributed by atoms with Crippen LogP contribution in [0.4, 0.5) is 0 Å². The van der Waals surface area contributed by atoms with Gasteiger partial charge in [0.2, 0.25) is 0 Å². The lowest BCUT2D eigenvalue weighted by Gasteiger charge is -2.46. The number of Topliss-reactive ketones (excluding diaryl/α,β-unsaturated/α-hetero) is 2. The molecule has 2 aliphatic rings. The molecule has 3 unspecified atom stereocenters. The third kappa shape index (κ3) is 2.63. The molecule has 0 aromatic rings. The summed E-state index contributed by atoms with van der Waals surface area (Å²) in [5.74, 6) is 0.0450. The summed E-state index contributed by atoms with van der Waals surface area (Å²) in [7, 11) is 0. The van der Waals surface area contributed by atoms with E-state index in [1.807, 2.05) is 12.2 Å². The van der Waals surface area contributed by atoms with Gasteiger partial charge in [-0.1, -0.05) is 50.6 Å². The largest absolute Gasteiger partial charge is 0.299 e. The van der Waals surface area contributed by atoms with Crippen LogP contribution < -0.4 is 0 Å². The van der Waals surface area contributed by atoms with Crippen LogP contribution >= 0.6 is 0 Å². The van der Waals surface area contributed by atoms with Gasteiger partial charge in [-0.15, -0.1) is 0 Å². The number of ketones is 2. The van der Waals surface area contributed by atoms with Gasteiger partial charge in [0.1, 0.15) is 11.6 Å². The quantitative estimate of drug-likeness (QED) is 0.718. The van der Waals surface area contributed by atoms with E-state index in [9.17, 15) is 9.59 Å². The van der Waals surface area contributed by atoms with Crippen molar-refractivity contribution in [3.63, 3.8) is 0 Å². The van der Waals surface area contributed by atoms with Crippen molar-refractivity contribution in [2.24, 2.45) is 17.3 Å². The Balaban J connectivity index is 2.60. The van der Waals surface area contributed by atoms with Gasteiger partial charge in [-0.2, -0.15) is 0 Å². The average Bonchev–Trinajstić information content (AvgIpc) is 2.50. The molecule has 0 aromatic carbocycles. The normalized spacial score (nSPS) is 34.4. The molecule has 2 nitrogen and oxygen atoms in total. The standard InChI is InChI=1S/C21H24O2/c1-7-9-16-13(3)14(4)17(10-8-2)19-12-21(6,15(5)22)20(23)11-18(16)19/h7-10,18-19H,1-4,11-12H2,5-6H3/b16-9+,17-10+. The van der Waals surface area contributed by atoms with Crippen LogP contribution in [0.15, 0.2) is 72.9 Å². The van der Waals surface area contributed by atoms with Crippen LogP contribution in [0.1, 0.15) is 26.7 Å². The van der Waals surface area contributed by atoms with Gasteiger partial charge in [0, 0.05) is 6.42 Å². The smallest absolute Gasteiger partial charge is 0.146 e. The number of carbonyl (C=O) groups excluding carboxylic acids is 2. The predicted octanol–water partition coefficient (Wildman–Crippen LogP) is 4.53. The lowest BCUT2D eigenvalue weighted by Crippen LogP contribution is -2.46. The molecule has 0 saturated heterocycles. The zero-order valence-corrected chi connectivity index (χ0v) is 14.0. The Kier molecular flexibility index (Phi) is 4.56. The number of rotatable bonds is 3. The second-order valence-corrected chi connectivity index (χ2v) is 6.61. The molecule has 2 fully saturated rings. The van der Waals surface area contributed by atoms with Crippen molar-refractivity contribution in [3.8, 4) is 0 Å². The molecule has 2 rings (SSSR count). The van der Waals surface area contributed by atoms with Gasteiger partial charge >= 0.3 is 0 Å². The maximum atomic E-state index is 12.6. The van der Waals surface area contributed by atoms with Crippen LogP contribution in [0.3, 0.4) is 0 Å². The van der Waals surface area contributed by atoms with E-state index in [1.54, 1.807) is 19.1 Å². The second-order valence-electron chi connectivity index (χ2n) is 6.61. The fourth-order valence-corrected chi connectivity index (χ4v) is 3.76. The first-order valence-electron chi connectivity index (χ1n) is 7.86. The minimum atomic E-state index is -0.917. The number of carbonyl (C=O) groups is 2. The monoisotopic (exact) mass is 308 g/mol. The zero-order chi connectivity index (χ0) is 17.4. The molecule has 0 aromatic heterocycles. The van der Waals surface area contributed by atoms with Crippen molar-refractivity contribution in [3.05, 3.63) is 72.9 Å². The van der Waals surface area contributed by atoms with Gasteiger partial charge in [-0.25, -0.2) is 0 Å².